The Morgan fingerprint density at radius 3 is 2.61 bits per heavy atom. The molecule has 9 heteroatoms. The molecular weight excluding hydrogens is 302 g/mol. The van der Waals surface area contributed by atoms with Crippen LogP contribution in [-0.4, -0.2) is 85.1 Å². The minimum absolute atomic E-state index is 0.0965. The standard InChI is InChI=1S/C14H25N5O4/c1-3-11(15-9-12(20)17-23)14(22)16-10-13(21)19-6-4-5-18(2)7-8-19/h3,11,15,23H,1,4-10H2,2H3,(H,16,22)(H,17,20). The summed E-state index contributed by atoms with van der Waals surface area (Å²) >= 11 is 0. The van der Waals surface area contributed by atoms with Gasteiger partial charge in [0.25, 0.3) is 5.91 Å². The molecule has 4 N–H and O–H groups in total. The minimum Gasteiger partial charge on any atom is -0.345 e. The summed E-state index contributed by atoms with van der Waals surface area (Å²) in [5.74, 6) is -1.26. The molecule has 23 heavy (non-hydrogen) atoms. The highest BCUT2D eigenvalue weighted by Gasteiger charge is 2.20. The van der Waals surface area contributed by atoms with Gasteiger partial charge in [0.15, 0.2) is 0 Å². The zero-order valence-corrected chi connectivity index (χ0v) is 13.4. The molecule has 3 amide bonds. The van der Waals surface area contributed by atoms with E-state index in [4.69, 9.17) is 5.21 Å². The van der Waals surface area contributed by atoms with Crippen LogP contribution in [0, 0.1) is 0 Å². The van der Waals surface area contributed by atoms with Gasteiger partial charge in [-0.1, -0.05) is 6.08 Å². The lowest BCUT2D eigenvalue weighted by Gasteiger charge is -2.21. The predicted octanol–water partition coefficient (Wildman–Crippen LogP) is -2.08. The van der Waals surface area contributed by atoms with Gasteiger partial charge in [0.2, 0.25) is 11.8 Å². The van der Waals surface area contributed by atoms with Gasteiger partial charge in [-0.25, -0.2) is 5.48 Å². The average molecular weight is 327 g/mol. The van der Waals surface area contributed by atoms with E-state index >= 15 is 0 Å². The monoisotopic (exact) mass is 327 g/mol. The summed E-state index contributed by atoms with van der Waals surface area (Å²) in [6.07, 6.45) is 2.23. The summed E-state index contributed by atoms with van der Waals surface area (Å²) < 4.78 is 0. The van der Waals surface area contributed by atoms with Crippen molar-refractivity contribution in [3.63, 3.8) is 0 Å². The number of rotatable bonds is 7. The van der Waals surface area contributed by atoms with E-state index in [1.165, 1.54) is 11.6 Å². The van der Waals surface area contributed by atoms with E-state index in [2.05, 4.69) is 22.1 Å². The summed E-state index contributed by atoms with van der Waals surface area (Å²) in [6.45, 7) is 6.25. The molecule has 1 fully saturated rings. The third-order valence-corrected chi connectivity index (χ3v) is 3.61. The fourth-order valence-corrected chi connectivity index (χ4v) is 2.21. The lowest BCUT2D eigenvalue weighted by Crippen LogP contribution is -2.49. The molecule has 0 radical (unpaired) electrons. The summed E-state index contributed by atoms with van der Waals surface area (Å²) in [5.41, 5.74) is 1.45. The number of carbonyl (C=O) groups excluding carboxylic acids is 3. The topological polar surface area (TPSA) is 114 Å². The molecule has 1 heterocycles. The van der Waals surface area contributed by atoms with Crippen LogP contribution >= 0.6 is 0 Å². The van der Waals surface area contributed by atoms with Crippen LogP contribution in [0.4, 0.5) is 0 Å². The van der Waals surface area contributed by atoms with Gasteiger partial charge in [-0.15, -0.1) is 6.58 Å². The molecule has 1 aliphatic heterocycles. The lowest BCUT2D eigenvalue weighted by atomic mass is 10.2. The van der Waals surface area contributed by atoms with Crippen molar-refractivity contribution in [2.75, 3.05) is 46.3 Å². The van der Waals surface area contributed by atoms with E-state index in [0.717, 1.165) is 19.5 Å². The molecule has 9 nitrogen and oxygen atoms in total. The highest BCUT2D eigenvalue weighted by molar-refractivity contribution is 5.89. The van der Waals surface area contributed by atoms with Crippen molar-refractivity contribution in [3.05, 3.63) is 12.7 Å². The van der Waals surface area contributed by atoms with Gasteiger partial charge in [-0.05, 0) is 20.0 Å². The first kappa shape index (κ1) is 19.1. The summed E-state index contributed by atoms with van der Waals surface area (Å²) in [6, 6.07) is -0.824. The smallest absolute Gasteiger partial charge is 0.257 e. The van der Waals surface area contributed by atoms with Crippen molar-refractivity contribution in [1.82, 2.24) is 25.9 Å². The number of hydrogen-bond donors (Lipinski definition) is 4. The fourth-order valence-electron chi connectivity index (χ4n) is 2.21. The third kappa shape index (κ3) is 6.76. The number of amides is 3. The predicted molar refractivity (Wildman–Crippen MR) is 83.6 cm³/mol. The number of carbonyl (C=O) groups is 3. The molecule has 1 rings (SSSR count). The SMILES string of the molecule is C=CC(NCC(=O)NO)C(=O)NCC(=O)N1CCCN(C)CC1. The van der Waals surface area contributed by atoms with Crippen LogP contribution in [0.3, 0.4) is 0 Å². The fraction of sp³-hybridized carbons (Fsp3) is 0.643. The van der Waals surface area contributed by atoms with Crippen molar-refractivity contribution < 1.29 is 19.6 Å². The van der Waals surface area contributed by atoms with Crippen LogP contribution in [0.15, 0.2) is 12.7 Å². The van der Waals surface area contributed by atoms with Crippen molar-refractivity contribution in [1.29, 1.82) is 0 Å². The quantitative estimate of drug-likeness (QED) is 0.242. The van der Waals surface area contributed by atoms with Crippen molar-refractivity contribution in [3.8, 4) is 0 Å². The Kier molecular flexibility index (Phi) is 8.23. The molecule has 0 spiro atoms. The molecule has 1 unspecified atom stereocenters. The van der Waals surface area contributed by atoms with Crippen LogP contribution < -0.4 is 16.1 Å². The second-order valence-corrected chi connectivity index (χ2v) is 5.38. The van der Waals surface area contributed by atoms with Crippen LogP contribution in [-0.2, 0) is 14.4 Å². The molecule has 130 valence electrons. The Hall–Kier alpha value is -1.97. The van der Waals surface area contributed by atoms with E-state index in [-0.39, 0.29) is 19.0 Å². The molecule has 0 aromatic heterocycles. The van der Waals surface area contributed by atoms with Gasteiger partial charge < -0.3 is 15.1 Å². The summed E-state index contributed by atoms with van der Waals surface area (Å²) in [5, 5.41) is 13.5. The van der Waals surface area contributed by atoms with Crippen molar-refractivity contribution in [2.45, 2.75) is 12.5 Å². The first-order chi connectivity index (χ1) is 11.0. The van der Waals surface area contributed by atoms with E-state index < -0.39 is 17.9 Å². The maximum absolute atomic E-state index is 12.1. The molecular formula is C14H25N5O4. The average Bonchev–Trinajstić information content (AvgIpc) is 2.77. The molecule has 0 aliphatic carbocycles. The van der Waals surface area contributed by atoms with Crippen LogP contribution in [0.25, 0.3) is 0 Å². The molecule has 0 saturated carbocycles. The Bertz CT molecular complexity index is 443. The second kappa shape index (κ2) is 9.93. The van der Waals surface area contributed by atoms with Crippen molar-refractivity contribution in [2.24, 2.45) is 0 Å². The maximum atomic E-state index is 12.1. The Balaban J connectivity index is 2.39. The van der Waals surface area contributed by atoms with E-state index in [1.807, 2.05) is 7.05 Å². The van der Waals surface area contributed by atoms with Gasteiger partial charge >= 0.3 is 0 Å². The van der Waals surface area contributed by atoms with Gasteiger partial charge in [0.05, 0.1) is 13.1 Å². The Labute approximate surface area is 135 Å². The molecule has 1 atom stereocenters. The van der Waals surface area contributed by atoms with Gasteiger partial charge in [0.1, 0.15) is 6.04 Å². The summed E-state index contributed by atoms with van der Waals surface area (Å²) in [7, 11) is 2.01. The summed E-state index contributed by atoms with van der Waals surface area (Å²) in [4.78, 5) is 38.9. The number of hydroxylamine groups is 1. The molecule has 1 aliphatic rings. The van der Waals surface area contributed by atoms with Gasteiger partial charge in [-0.3, -0.25) is 24.9 Å². The number of nitrogens with zero attached hydrogens (tertiary/aromatic N) is 2. The third-order valence-electron chi connectivity index (χ3n) is 3.61. The molecule has 1 saturated heterocycles. The van der Waals surface area contributed by atoms with E-state index in [0.29, 0.717) is 13.1 Å². The van der Waals surface area contributed by atoms with Crippen LogP contribution in [0.5, 0.6) is 0 Å². The van der Waals surface area contributed by atoms with E-state index in [1.54, 1.807) is 4.90 Å². The van der Waals surface area contributed by atoms with E-state index in [9.17, 15) is 14.4 Å². The highest BCUT2D eigenvalue weighted by Crippen LogP contribution is 2.01. The lowest BCUT2D eigenvalue weighted by molar-refractivity contribution is -0.133. The van der Waals surface area contributed by atoms with Gasteiger partial charge in [-0.2, -0.15) is 0 Å². The number of hydrogen-bond acceptors (Lipinski definition) is 6. The Morgan fingerprint density at radius 1 is 1.22 bits per heavy atom. The number of nitrogens with one attached hydrogen (secondary N) is 3. The molecule has 0 aromatic carbocycles. The minimum atomic E-state index is -0.824. The zero-order valence-electron chi connectivity index (χ0n) is 13.4. The first-order valence-corrected chi connectivity index (χ1v) is 7.50. The number of likely N-dealkylation sites (N-methyl/N-ethyl adjacent to an activating group) is 1. The highest BCUT2D eigenvalue weighted by atomic mass is 16.5. The van der Waals surface area contributed by atoms with Gasteiger partial charge in [0, 0.05) is 19.6 Å². The second-order valence-electron chi connectivity index (χ2n) is 5.38. The van der Waals surface area contributed by atoms with Crippen LogP contribution in [0.2, 0.25) is 0 Å². The normalized spacial score (nSPS) is 17.0. The van der Waals surface area contributed by atoms with Crippen molar-refractivity contribution >= 4 is 17.7 Å². The molecule has 0 bridgehead atoms. The maximum Gasteiger partial charge on any atom is 0.257 e. The largest absolute Gasteiger partial charge is 0.345 e. The Morgan fingerprint density at radius 2 is 1.96 bits per heavy atom. The first-order valence-electron chi connectivity index (χ1n) is 7.50. The zero-order chi connectivity index (χ0) is 17.2. The molecule has 0 aromatic rings. The van der Waals surface area contributed by atoms with Crippen LogP contribution in [0.1, 0.15) is 6.42 Å².